The molecule has 0 radical (unpaired) electrons. The Balaban J connectivity index is 2.60. The van der Waals surface area contributed by atoms with Crippen LogP contribution in [0.1, 0.15) is 23.1 Å². The maximum absolute atomic E-state index is 11.9. The zero-order valence-electron chi connectivity index (χ0n) is 12.5. The minimum absolute atomic E-state index is 0.131. The number of likely N-dealkylation sites (N-methyl/N-ethyl adjacent to an activating group) is 1. The van der Waals surface area contributed by atoms with Gasteiger partial charge in [0.25, 0.3) is 0 Å². The molecule has 0 atom stereocenters. The number of ether oxygens (including phenoxy) is 1. The Hall–Kier alpha value is -2.10. The molecule has 0 aromatic heterocycles. The molecular formula is C16H21NO3. The van der Waals surface area contributed by atoms with Crippen LogP contribution in [0.4, 0.5) is 0 Å². The maximum atomic E-state index is 11.9. The van der Waals surface area contributed by atoms with Gasteiger partial charge in [0.05, 0.1) is 13.5 Å². The summed E-state index contributed by atoms with van der Waals surface area (Å²) in [4.78, 5) is 24.4. The summed E-state index contributed by atoms with van der Waals surface area (Å²) in [6.45, 7) is 4.40. The van der Waals surface area contributed by atoms with Gasteiger partial charge < -0.3 is 9.64 Å². The Labute approximate surface area is 120 Å². The zero-order valence-corrected chi connectivity index (χ0v) is 12.5. The lowest BCUT2D eigenvalue weighted by molar-refractivity contribution is -0.141. The average molecular weight is 275 g/mol. The molecule has 0 bridgehead atoms. The van der Waals surface area contributed by atoms with Crippen LogP contribution in [0.2, 0.25) is 0 Å². The van der Waals surface area contributed by atoms with Gasteiger partial charge in [0.1, 0.15) is 0 Å². The van der Waals surface area contributed by atoms with E-state index < -0.39 is 0 Å². The van der Waals surface area contributed by atoms with E-state index in [9.17, 15) is 9.59 Å². The fourth-order valence-electron chi connectivity index (χ4n) is 1.77. The molecule has 1 rings (SSSR count). The number of hydrogen-bond donors (Lipinski definition) is 0. The minimum Gasteiger partial charge on any atom is -0.469 e. The standard InChI is InChI=1S/C16H21NO3/c1-12-5-6-14(13(2)11-12)7-8-15(18)17(3)10-9-16(19)20-4/h5-8,11H,9-10H2,1-4H3. The number of hydrogen-bond acceptors (Lipinski definition) is 3. The van der Waals surface area contributed by atoms with Crippen LogP contribution in [0.25, 0.3) is 6.08 Å². The summed E-state index contributed by atoms with van der Waals surface area (Å²) in [5, 5.41) is 0. The Morgan fingerprint density at radius 1 is 1.30 bits per heavy atom. The van der Waals surface area contributed by atoms with Gasteiger partial charge in [-0.2, -0.15) is 0 Å². The molecule has 0 fully saturated rings. The Morgan fingerprint density at radius 3 is 2.60 bits per heavy atom. The largest absolute Gasteiger partial charge is 0.469 e. The molecule has 0 aliphatic carbocycles. The molecule has 0 saturated heterocycles. The summed E-state index contributed by atoms with van der Waals surface area (Å²) >= 11 is 0. The lowest BCUT2D eigenvalue weighted by Gasteiger charge is -2.14. The van der Waals surface area contributed by atoms with Gasteiger partial charge in [0.2, 0.25) is 5.91 Å². The normalized spacial score (nSPS) is 10.6. The van der Waals surface area contributed by atoms with E-state index in [0.29, 0.717) is 6.54 Å². The molecule has 1 aromatic carbocycles. The number of esters is 1. The van der Waals surface area contributed by atoms with Gasteiger partial charge in [-0.15, -0.1) is 0 Å². The fourth-order valence-corrected chi connectivity index (χ4v) is 1.77. The third-order valence-electron chi connectivity index (χ3n) is 3.09. The van der Waals surface area contributed by atoms with Gasteiger partial charge in [-0.05, 0) is 31.1 Å². The van der Waals surface area contributed by atoms with Crippen molar-refractivity contribution < 1.29 is 14.3 Å². The first-order valence-electron chi connectivity index (χ1n) is 6.51. The van der Waals surface area contributed by atoms with Gasteiger partial charge in [0.15, 0.2) is 0 Å². The first kappa shape index (κ1) is 16.0. The van der Waals surface area contributed by atoms with Crippen LogP contribution in [0.15, 0.2) is 24.3 Å². The second-order valence-electron chi connectivity index (χ2n) is 4.78. The van der Waals surface area contributed by atoms with Gasteiger partial charge in [0, 0.05) is 19.7 Å². The van der Waals surface area contributed by atoms with Crippen molar-refractivity contribution in [3.8, 4) is 0 Å². The number of rotatable bonds is 5. The fraction of sp³-hybridized carbons (Fsp3) is 0.375. The van der Waals surface area contributed by atoms with Crippen molar-refractivity contribution in [2.75, 3.05) is 20.7 Å². The molecule has 0 unspecified atom stereocenters. The van der Waals surface area contributed by atoms with Crippen molar-refractivity contribution >= 4 is 18.0 Å². The lowest BCUT2D eigenvalue weighted by Crippen LogP contribution is -2.27. The van der Waals surface area contributed by atoms with Crippen molar-refractivity contribution in [1.29, 1.82) is 0 Å². The molecular weight excluding hydrogens is 254 g/mol. The molecule has 0 N–H and O–H groups in total. The number of carbonyl (C=O) groups is 2. The van der Waals surface area contributed by atoms with E-state index in [1.54, 1.807) is 13.1 Å². The van der Waals surface area contributed by atoms with E-state index in [0.717, 1.165) is 11.1 Å². The maximum Gasteiger partial charge on any atom is 0.307 e. The molecule has 0 aliphatic rings. The van der Waals surface area contributed by atoms with Crippen LogP contribution in [0, 0.1) is 13.8 Å². The molecule has 1 amide bonds. The smallest absolute Gasteiger partial charge is 0.307 e. The quantitative estimate of drug-likeness (QED) is 0.612. The summed E-state index contributed by atoms with van der Waals surface area (Å²) < 4.78 is 4.54. The van der Waals surface area contributed by atoms with Crippen LogP contribution in [-0.4, -0.2) is 37.5 Å². The van der Waals surface area contributed by atoms with Crippen molar-refractivity contribution in [1.82, 2.24) is 4.90 Å². The number of methoxy groups -OCH3 is 1. The summed E-state index contributed by atoms with van der Waals surface area (Å²) in [7, 11) is 3.00. The first-order valence-corrected chi connectivity index (χ1v) is 6.51. The van der Waals surface area contributed by atoms with Gasteiger partial charge in [-0.3, -0.25) is 9.59 Å². The van der Waals surface area contributed by atoms with Gasteiger partial charge in [-0.25, -0.2) is 0 Å². The topological polar surface area (TPSA) is 46.6 Å². The number of aryl methyl sites for hydroxylation is 2. The Kier molecular flexibility index (Phi) is 5.97. The van der Waals surface area contributed by atoms with Gasteiger partial charge in [-0.1, -0.05) is 23.8 Å². The number of benzene rings is 1. The highest BCUT2D eigenvalue weighted by atomic mass is 16.5. The molecule has 20 heavy (non-hydrogen) atoms. The van der Waals surface area contributed by atoms with E-state index in [1.807, 2.05) is 26.0 Å². The zero-order chi connectivity index (χ0) is 15.1. The van der Waals surface area contributed by atoms with Crippen LogP contribution < -0.4 is 0 Å². The molecule has 0 saturated carbocycles. The highest BCUT2D eigenvalue weighted by Crippen LogP contribution is 2.12. The van der Waals surface area contributed by atoms with E-state index in [4.69, 9.17) is 0 Å². The molecule has 1 aromatic rings. The van der Waals surface area contributed by atoms with Crippen molar-refractivity contribution in [3.63, 3.8) is 0 Å². The summed E-state index contributed by atoms with van der Waals surface area (Å²) in [5.74, 6) is -0.447. The summed E-state index contributed by atoms with van der Waals surface area (Å²) in [6.07, 6.45) is 3.52. The molecule has 0 heterocycles. The second-order valence-corrected chi connectivity index (χ2v) is 4.78. The van der Waals surface area contributed by atoms with E-state index in [1.165, 1.54) is 23.6 Å². The lowest BCUT2D eigenvalue weighted by atomic mass is 10.1. The second kappa shape index (κ2) is 7.48. The third kappa shape index (κ3) is 4.88. The third-order valence-corrected chi connectivity index (χ3v) is 3.09. The van der Waals surface area contributed by atoms with Crippen molar-refractivity contribution in [2.45, 2.75) is 20.3 Å². The predicted octanol–water partition coefficient (Wildman–Crippen LogP) is 2.34. The van der Waals surface area contributed by atoms with Crippen molar-refractivity contribution in [3.05, 3.63) is 41.0 Å². The van der Waals surface area contributed by atoms with E-state index >= 15 is 0 Å². The molecule has 0 spiro atoms. The monoisotopic (exact) mass is 275 g/mol. The summed E-state index contributed by atoms with van der Waals surface area (Å²) in [6, 6.07) is 6.08. The highest BCUT2D eigenvalue weighted by Gasteiger charge is 2.08. The van der Waals surface area contributed by atoms with Crippen LogP contribution in [-0.2, 0) is 14.3 Å². The first-order chi connectivity index (χ1) is 9.43. The SMILES string of the molecule is COC(=O)CCN(C)C(=O)C=Cc1ccc(C)cc1C. The van der Waals surface area contributed by atoms with Crippen LogP contribution in [0.5, 0.6) is 0 Å². The highest BCUT2D eigenvalue weighted by molar-refractivity contribution is 5.92. The van der Waals surface area contributed by atoms with Gasteiger partial charge >= 0.3 is 5.97 Å². The molecule has 4 heteroatoms. The average Bonchev–Trinajstić information content (AvgIpc) is 2.42. The molecule has 0 aliphatic heterocycles. The Morgan fingerprint density at radius 2 is 2.00 bits per heavy atom. The van der Waals surface area contributed by atoms with E-state index in [-0.39, 0.29) is 18.3 Å². The number of carbonyl (C=O) groups excluding carboxylic acids is 2. The molecule has 108 valence electrons. The molecule has 4 nitrogen and oxygen atoms in total. The van der Waals surface area contributed by atoms with Crippen LogP contribution >= 0.6 is 0 Å². The number of amides is 1. The Bertz CT molecular complexity index is 520. The van der Waals surface area contributed by atoms with Crippen molar-refractivity contribution in [2.24, 2.45) is 0 Å². The van der Waals surface area contributed by atoms with E-state index in [2.05, 4.69) is 10.8 Å². The predicted molar refractivity (Wildman–Crippen MR) is 79.2 cm³/mol. The van der Waals surface area contributed by atoms with Crippen LogP contribution in [0.3, 0.4) is 0 Å². The number of nitrogens with zero attached hydrogens (tertiary/aromatic N) is 1. The minimum atomic E-state index is -0.317. The summed E-state index contributed by atoms with van der Waals surface area (Å²) in [5.41, 5.74) is 3.35.